The van der Waals surface area contributed by atoms with Crippen molar-refractivity contribution in [1.82, 2.24) is 4.72 Å². The molecule has 0 unspecified atom stereocenters. The van der Waals surface area contributed by atoms with Gasteiger partial charge in [0.1, 0.15) is 0 Å². The minimum Gasteiger partial charge on any atom is -0.329 e. The maximum absolute atomic E-state index is 12.4. The smallest absolute Gasteiger partial charge is 0.241 e. The van der Waals surface area contributed by atoms with Crippen molar-refractivity contribution in [2.45, 2.75) is 36.1 Å². The Morgan fingerprint density at radius 3 is 2.10 bits per heavy atom. The molecule has 1 aromatic rings. The number of nitrogens with two attached hydrogens (primary N) is 1. The summed E-state index contributed by atoms with van der Waals surface area (Å²) in [5, 5.41) is 0.585. The summed E-state index contributed by atoms with van der Waals surface area (Å²) in [5.41, 5.74) is 5.20. The number of rotatable bonds is 4. The Kier molecular flexibility index (Phi) is 6.14. The number of hydrogen-bond acceptors (Lipinski definition) is 3. The van der Waals surface area contributed by atoms with E-state index in [9.17, 15) is 8.42 Å². The predicted octanol–water partition coefficient (Wildman–Crippen LogP) is 2.97. The summed E-state index contributed by atoms with van der Waals surface area (Å²) in [6, 6.07) is 4.26. The molecule has 1 fully saturated rings. The summed E-state index contributed by atoms with van der Waals surface area (Å²) in [4.78, 5) is 0.0738. The van der Waals surface area contributed by atoms with Crippen LogP contribution in [0.25, 0.3) is 0 Å². The van der Waals surface area contributed by atoms with Gasteiger partial charge in [-0.1, -0.05) is 36.0 Å². The van der Waals surface area contributed by atoms with E-state index in [2.05, 4.69) is 4.72 Å². The van der Waals surface area contributed by atoms with Gasteiger partial charge in [0.15, 0.2) is 0 Å². The van der Waals surface area contributed by atoms with Gasteiger partial charge in [-0.3, -0.25) is 0 Å². The minimum atomic E-state index is -3.66. The Morgan fingerprint density at radius 1 is 1.15 bits per heavy atom. The molecule has 0 radical (unpaired) electrons. The van der Waals surface area contributed by atoms with Crippen LogP contribution in [0.15, 0.2) is 23.1 Å². The summed E-state index contributed by atoms with van der Waals surface area (Å²) in [6.45, 7) is 0.292. The van der Waals surface area contributed by atoms with Gasteiger partial charge in [0.2, 0.25) is 10.0 Å². The molecule has 1 saturated carbocycles. The van der Waals surface area contributed by atoms with Gasteiger partial charge >= 0.3 is 0 Å². The second-order valence-electron chi connectivity index (χ2n) is 4.90. The van der Waals surface area contributed by atoms with Gasteiger partial charge in [0.05, 0.1) is 4.90 Å². The minimum absolute atomic E-state index is 0. The monoisotopic (exact) mass is 358 g/mol. The highest BCUT2D eigenvalue weighted by atomic mass is 35.5. The molecule has 0 saturated heterocycles. The number of nitrogens with one attached hydrogen (secondary N) is 1. The fraction of sp³-hybridized carbons (Fsp3) is 0.500. The summed E-state index contributed by atoms with van der Waals surface area (Å²) < 4.78 is 27.5. The Balaban J connectivity index is 0.00000200. The van der Waals surface area contributed by atoms with Crippen LogP contribution in [0.4, 0.5) is 0 Å². The zero-order valence-corrected chi connectivity index (χ0v) is 13.9. The topological polar surface area (TPSA) is 72.2 Å². The summed E-state index contributed by atoms with van der Waals surface area (Å²) >= 11 is 11.7. The van der Waals surface area contributed by atoms with Crippen molar-refractivity contribution < 1.29 is 8.42 Å². The van der Waals surface area contributed by atoms with Crippen LogP contribution in [0.3, 0.4) is 0 Å². The highest BCUT2D eigenvalue weighted by Crippen LogP contribution is 2.31. The Hall–Kier alpha value is -0.0400. The van der Waals surface area contributed by atoms with Crippen molar-refractivity contribution in [3.63, 3.8) is 0 Å². The second-order valence-corrected chi connectivity index (χ2v) is 7.46. The van der Waals surface area contributed by atoms with Gasteiger partial charge in [-0.05, 0) is 31.0 Å². The number of halogens is 3. The van der Waals surface area contributed by atoms with E-state index in [1.54, 1.807) is 0 Å². The van der Waals surface area contributed by atoms with E-state index < -0.39 is 15.6 Å². The molecule has 20 heavy (non-hydrogen) atoms. The quantitative estimate of drug-likeness (QED) is 0.868. The van der Waals surface area contributed by atoms with Gasteiger partial charge in [-0.15, -0.1) is 12.4 Å². The molecule has 4 nitrogen and oxygen atoms in total. The molecule has 0 aliphatic heterocycles. The third-order valence-electron chi connectivity index (χ3n) is 3.45. The third kappa shape index (κ3) is 4.00. The van der Waals surface area contributed by atoms with E-state index in [1.165, 1.54) is 18.2 Å². The molecule has 2 rings (SSSR count). The number of sulfonamides is 1. The fourth-order valence-electron chi connectivity index (χ4n) is 2.43. The van der Waals surface area contributed by atoms with Crippen molar-refractivity contribution in [1.29, 1.82) is 0 Å². The van der Waals surface area contributed by atoms with Crippen LogP contribution in [0.2, 0.25) is 10.0 Å². The average molecular weight is 360 g/mol. The van der Waals surface area contributed by atoms with E-state index in [0.717, 1.165) is 25.7 Å². The molecule has 0 bridgehead atoms. The zero-order valence-electron chi connectivity index (χ0n) is 10.7. The highest BCUT2D eigenvalue weighted by molar-refractivity contribution is 7.89. The van der Waals surface area contributed by atoms with E-state index in [-0.39, 0.29) is 17.3 Å². The predicted molar refractivity (Wildman–Crippen MR) is 84.3 cm³/mol. The lowest BCUT2D eigenvalue weighted by Crippen LogP contribution is -2.51. The molecule has 1 aliphatic rings. The lowest BCUT2D eigenvalue weighted by Gasteiger charge is -2.28. The number of benzene rings is 1. The van der Waals surface area contributed by atoms with Gasteiger partial charge < -0.3 is 5.73 Å². The second kappa shape index (κ2) is 6.81. The highest BCUT2D eigenvalue weighted by Gasteiger charge is 2.36. The average Bonchev–Trinajstić information content (AvgIpc) is 2.76. The Morgan fingerprint density at radius 2 is 1.65 bits per heavy atom. The lowest BCUT2D eigenvalue weighted by atomic mass is 10.0. The SMILES string of the molecule is Cl.NCC1(NS(=O)(=O)c2cc(Cl)cc(Cl)c2)CCCC1. The van der Waals surface area contributed by atoms with E-state index in [0.29, 0.717) is 16.6 Å². The first-order valence-electron chi connectivity index (χ1n) is 6.07. The van der Waals surface area contributed by atoms with Crippen molar-refractivity contribution in [2.24, 2.45) is 5.73 Å². The van der Waals surface area contributed by atoms with Gasteiger partial charge in [0, 0.05) is 22.1 Å². The molecular weight excluding hydrogens is 343 g/mol. The molecule has 1 aliphatic carbocycles. The molecule has 114 valence electrons. The Labute approximate surface area is 135 Å². The largest absolute Gasteiger partial charge is 0.329 e. The van der Waals surface area contributed by atoms with Crippen LogP contribution < -0.4 is 10.5 Å². The van der Waals surface area contributed by atoms with Crippen molar-refractivity contribution in [3.05, 3.63) is 28.2 Å². The normalized spacial score (nSPS) is 17.8. The molecular formula is C12H17Cl3N2O2S. The maximum Gasteiger partial charge on any atom is 0.241 e. The number of hydrogen-bond donors (Lipinski definition) is 2. The van der Waals surface area contributed by atoms with E-state index in [4.69, 9.17) is 28.9 Å². The van der Waals surface area contributed by atoms with Crippen molar-refractivity contribution in [3.8, 4) is 0 Å². The lowest BCUT2D eigenvalue weighted by molar-refractivity contribution is 0.399. The first-order valence-corrected chi connectivity index (χ1v) is 8.31. The van der Waals surface area contributed by atoms with Gasteiger partial charge in [-0.25, -0.2) is 13.1 Å². The third-order valence-corrected chi connectivity index (χ3v) is 5.44. The van der Waals surface area contributed by atoms with Crippen LogP contribution in [0.1, 0.15) is 25.7 Å². The van der Waals surface area contributed by atoms with Crippen LogP contribution in [0, 0.1) is 0 Å². The molecule has 0 amide bonds. The van der Waals surface area contributed by atoms with Crippen LogP contribution in [-0.2, 0) is 10.0 Å². The first kappa shape index (κ1) is 18.0. The van der Waals surface area contributed by atoms with Gasteiger partial charge in [-0.2, -0.15) is 0 Å². The molecule has 3 N–H and O–H groups in total. The maximum atomic E-state index is 12.4. The van der Waals surface area contributed by atoms with Crippen LogP contribution in [-0.4, -0.2) is 20.5 Å². The van der Waals surface area contributed by atoms with Crippen LogP contribution >= 0.6 is 35.6 Å². The molecule has 8 heteroatoms. The molecule has 0 atom stereocenters. The Bertz CT molecular complexity index is 552. The van der Waals surface area contributed by atoms with E-state index >= 15 is 0 Å². The molecule has 1 aromatic carbocycles. The molecule has 0 heterocycles. The molecule has 0 spiro atoms. The van der Waals surface area contributed by atoms with Crippen molar-refractivity contribution >= 4 is 45.6 Å². The molecule has 0 aromatic heterocycles. The van der Waals surface area contributed by atoms with Crippen LogP contribution in [0.5, 0.6) is 0 Å². The zero-order chi connectivity index (χ0) is 14.1. The van der Waals surface area contributed by atoms with E-state index in [1.807, 2.05) is 0 Å². The summed E-state index contributed by atoms with van der Waals surface area (Å²) in [7, 11) is -3.66. The first-order chi connectivity index (χ1) is 8.87. The van der Waals surface area contributed by atoms with Gasteiger partial charge in [0.25, 0.3) is 0 Å². The summed E-state index contributed by atoms with van der Waals surface area (Å²) in [5.74, 6) is 0. The standard InChI is InChI=1S/C12H16Cl2N2O2S.ClH/c13-9-5-10(14)7-11(6-9)19(17,18)16-12(8-15)3-1-2-4-12;/h5-7,16H,1-4,8,15H2;1H. The summed E-state index contributed by atoms with van der Waals surface area (Å²) in [6.07, 6.45) is 3.49. The fourth-order valence-corrected chi connectivity index (χ4v) is 4.62. The van der Waals surface area contributed by atoms with Crippen molar-refractivity contribution in [2.75, 3.05) is 6.54 Å².